The number of rotatable bonds is 3. The number of hydrogen-bond donors (Lipinski definition) is 2. The number of allylic oxidation sites excluding steroid dienone is 1. The van der Waals surface area contributed by atoms with Crippen molar-refractivity contribution in [2.45, 2.75) is 39.4 Å². The average Bonchev–Trinajstić information content (AvgIpc) is 1.84. The predicted octanol–water partition coefficient (Wildman–Crippen LogP) is 1.64. The Hall–Kier alpha value is -0.600. The highest BCUT2D eigenvalue weighted by atomic mass is 16.3. The Balaban J connectivity index is 4.37. The molecule has 2 nitrogen and oxygen atoms in total. The largest absolute Gasteiger partial charge is 0.386 e. The van der Waals surface area contributed by atoms with Crippen molar-refractivity contribution < 1.29 is 10.2 Å². The van der Waals surface area contributed by atoms with Gasteiger partial charge in [-0.15, -0.1) is 0 Å². The van der Waals surface area contributed by atoms with Crippen molar-refractivity contribution in [3.63, 3.8) is 0 Å². The van der Waals surface area contributed by atoms with Crippen LogP contribution in [0, 0.1) is 0 Å². The van der Waals surface area contributed by atoms with Gasteiger partial charge in [-0.25, -0.2) is 0 Å². The van der Waals surface area contributed by atoms with Gasteiger partial charge in [0.25, 0.3) is 0 Å². The Kier molecular flexibility index (Phi) is 4.21. The minimum Gasteiger partial charge on any atom is -0.386 e. The van der Waals surface area contributed by atoms with Gasteiger partial charge in [0.2, 0.25) is 0 Å². The molecule has 0 spiro atoms. The van der Waals surface area contributed by atoms with Crippen LogP contribution in [0.15, 0.2) is 23.8 Å². The molecule has 70 valence electrons. The molecule has 0 aromatic rings. The van der Waals surface area contributed by atoms with E-state index in [1.54, 1.807) is 39.0 Å². The van der Waals surface area contributed by atoms with E-state index >= 15 is 0 Å². The first-order valence-electron chi connectivity index (χ1n) is 4.09. The van der Waals surface area contributed by atoms with Crippen LogP contribution in [0.2, 0.25) is 0 Å². The third-order valence-electron chi connectivity index (χ3n) is 1.42. The highest BCUT2D eigenvalue weighted by Gasteiger charge is 2.10. The molecule has 12 heavy (non-hydrogen) atoms. The van der Waals surface area contributed by atoms with E-state index < -0.39 is 11.7 Å². The summed E-state index contributed by atoms with van der Waals surface area (Å²) >= 11 is 0. The summed E-state index contributed by atoms with van der Waals surface area (Å²) in [6.45, 7) is 7.00. The molecular weight excluding hydrogens is 152 g/mol. The number of hydrogen-bond acceptors (Lipinski definition) is 2. The summed E-state index contributed by atoms with van der Waals surface area (Å²) in [7, 11) is 0. The van der Waals surface area contributed by atoms with Crippen LogP contribution in [0.1, 0.15) is 27.7 Å². The third kappa shape index (κ3) is 5.10. The van der Waals surface area contributed by atoms with Crippen LogP contribution in [0.5, 0.6) is 0 Å². The summed E-state index contributed by atoms with van der Waals surface area (Å²) in [5, 5.41) is 18.8. The van der Waals surface area contributed by atoms with Crippen molar-refractivity contribution in [2.24, 2.45) is 0 Å². The molecule has 0 amide bonds. The third-order valence-corrected chi connectivity index (χ3v) is 1.42. The van der Waals surface area contributed by atoms with Gasteiger partial charge in [0.05, 0.1) is 11.7 Å². The molecule has 0 aliphatic carbocycles. The lowest BCUT2D eigenvalue weighted by molar-refractivity contribution is 0.130. The second-order valence-electron chi connectivity index (χ2n) is 3.51. The fourth-order valence-corrected chi connectivity index (χ4v) is 0.977. The first-order valence-corrected chi connectivity index (χ1v) is 4.09. The Bertz CT molecular complexity index is 185. The molecule has 0 rings (SSSR count). The molecular formula is C10H18O2. The maximum Gasteiger partial charge on any atom is 0.0930 e. The zero-order valence-corrected chi connectivity index (χ0v) is 8.20. The van der Waals surface area contributed by atoms with E-state index in [9.17, 15) is 10.2 Å². The van der Waals surface area contributed by atoms with Gasteiger partial charge < -0.3 is 10.2 Å². The van der Waals surface area contributed by atoms with Crippen LogP contribution < -0.4 is 0 Å². The molecule has 2 N–H and O–H groups in total. The SMILES string of the molecule is CC=CC(O)C(C)=CC(C)(C)O. The lowest BCUT2D eigenvalue weighted by Crippen LogP contribution is -2.17. The Morgan fingerprint density at radius 1 is 1.42 bits per heavy atom. The van der Waals surface area contributed by atoms with Crippen LogP contribution in [0.3, 0.4) is 0 Å². The molecule has 0 saturated heterocycles. The normalized spacial score (nSPS) is 17.0. The van der Waals surface area contributed by atoms with E-state index in [0.29, 0.717) is 0 Å². The first-order chi connectivity index (χ1) is 5.37. The lowest BCUT2D eigenvalue weighted by Gasteiger charge is -2.15. The molecule has 1 atom stereocenters. The second-order valence-corrected chi connectivity index (χ2v) is 3.51. The van der Waals surface area contributed by atoms with E-state index in [1.807, 2.05) is 6.92 Å². The second kappa shape index (κ2) is 4.43. The standard InChI is InChI=1S/C10H18O2/c1-5-6-9(11)8(2)7-10(3,4)12/h5-7,9,11-12H,1-4H3. The minimum atomic E-state index is -0.855. The topological polar surface area (TPSA) is 40.5 Å². The van der Waals surface area contributed by atoms with Crippen LogP contribution >= 0.6 is 0 Å². The summed E-state index contributed by atoms with van der Waals surface area (Å²) < 4.78 is 0. The monoisotopic (exact) mass is 170 g/mol. The summed E-state index contributed by atoms with van der Waals surface area (Å²) in [6.07, 6.45) is 4.53. The molecule has 1 unspecified atom stereocenters. The van der Waals surface area contributed by atoms with Gasteiger partial charge in [0, 0.05) is 0 Å². The van der Waals surface area contributed by atoms with Crippen molar-refractivity contribution >= 4 is 0 Å². The van der Waals surface area contributed by atoms with E-state index in [2.05, 4.69) is 0 Å². The van der Waals surface area contributed by atoms with Crippen molar-refractivity contribution in [3.8, 4) is 0 Å². The van der Waals surface area contributed by atoms with Crippen LogP contribution in [-0.4, -0.2) is 21.9 Å². The van der Waals surface area contributed by atoms with Crippen molar-refractivity contribution in [3.05, 3.63) is 23.8 Å². The highest BCUT2D eigenvalue weighted by Crippen LogP contribution is 2.11. The van der Waals surface area contributed by atoms with Gasteiger partial charge in [0.15, 0.2) is 0 Å². The van der Waals surface area contributed by atoms with Crippen molar-refractivity contribution in [1.29, 1.82) is 0 Å². The zero-order chi connectivity index (χ0) is 9.78. The van der Waals surface area contributed by atoms with Crippen LogP contribution in [-0.2, 0) is 0 Å². The number of aliphatic hydroxyl groups excluding tert-OH is 1. The van der Waals surface area contributed by atoms with E-state index in [-0.39, 0.29) is 0 Å². The van der Waals surface area contributed by atoms with Gasteiger partial charge in [-0.2, -0.15) is 0 Å². The minimum absolute atomic E-state index is 0.582. The summed E-state index contributed by atoms with van der Waals surface area (Å²) in [6, 6.07) is 0. The van der Waals surface area contributed by atoms with E-state index in [0.717, 1.165) is 5.57 Å². The lowest BCUT2D eigenvalue weighted by atomic mass is 10.0. The van der Waals surface area contributed by atoms with Gasteiger partial charge in [-0.3, -0.25) is 0 Å². The van der Waals surface area contributed by atoms with Gasteiger partial charge in [0.1, 0.15) is 0 Å². The van der Waals surface area contributed by atoms with Crippen molar-refractivity contribution in [1.82, 2.24) is 0 Å². The van der Waals surface area contributed by atoms with E-state index in [1.165, 1.54) is 0 Å². The molecule has 0 aromatic heterocycles. The molecule has 0 radical (unpaired) electrons. The van der Waals surface area contributed by atoms with E-state index in [4.69, 9.17) is 0 Å². The Labute approximate surface area is 74.2 Å². The zero-order valence-electron chi connectivity index (χ0n) is 8.20. The highest BCUT2D eigenvalue weighted by molar-refractivity contribution is 5.15. The fraction of sp³-hybridized carbons (Fsp3) is 0.600. The molecule has 0 bridgehead atoms. The van der Waals surface area contributed by atoms with Gasteiger partial charge in [-0.1, -0.05) is 18.2 Å². The molecule has 0 aliphatic rings. The van der Waals surface area contributed by atoms with Crippen LogP contribution in [0.25, 0.3) is 0 Å². The molecule has 0 saturated carbocycles. The van der Waals surface area contributed by atoms with Crippen molar-refractivity contribution in [2.75, 3.05) is 0 Å². The first kappa shape index (κ1) is 11.4. The average molecular weight is 170 g/mol. The molecule has 0 aromatic carbocycles. The number of aliphatic hydroxyl groups is 2. The van der Waals surface area contributed by atoms with Gasteiger partial charge in [-0.05, 0) is 33.3 Å². The summed E-state index contributed by atoms with van der Waals surface area (Å²) in [5.41, 5.74) is -0.0901. The maximum absolute atomic E-state index is 9.41. The quantitative estimate of drug-likeness (QED) is 0.632. The molecule has 0 fully saturated rings. The summed E-state index contributed by atoms with van der Waals surface area (Å²) in [5.74, 6) is 0. The fourth-order valence-electron chi connectivity index (χ4n) is 0.977. The predicted molar refractivity (Wildman–Crippen MR) is 50.9 cm³/mol. The molecule has 0 heterocycles. The maximum atomic E-state index is 9.41. The molecule has 2 heteroatoms. The summed E-state index contributed by atoms with van der Waals surface area (Å²) in [4.78, 5) is 0. The van der Waals surface area contributed by atoms with Gasteiger partial charge >= 0.3 is 0 Å². The van der Waals surface area contributed by atoms with Crippen LogP contribution in [0.4, 0.5) is 0 Å². The Morgan fingerprint density at radius 3 is 2.25 bits per heavy atom. The molecule has 0 aliphatic heterocycles. The Morgan fingerprint density at radius 2 is 1.92 bits per heavy atom. The smallest absolute Gasteiger partial charge is 0.0930 e.